The van der Waals surface area contributed by atoms with Crippen LogP contribution in [0.1, 0.15) is 30.6 Å². The Morgan fingerprint density at radius 1 is 1.27 bits per heavy atom. The number of hydrazone groups is 1. The summed E-state index contributed by atoms with van der Waals surface area (Å²) in [4.78, 5) is 12.1. The predicted molar refractivity (Wildman–Crippen MR) is 86.3 cm³/mol. The van der Waals surface area contributed by atoms with E-state index >= 15 is 0 Å². The Bertz CT molecular complexity index is 687. The molecule has 1 aromatic carbocycles. The number of furan rings is 1. The third-order valence-electron chi connectivity index (χ3n) is 3.73. The highest BCUT2D eigenvalue weighted by molar-refractivity contribution is 5.97. The normalized spacial score (nSPS) is 21.0. The quantitative estimate of drug-likeness (QED) is 0.677. The van der Waals surface area contributed by atoms with Gasteiger partial charge in [-0.2, -0.15) is 5.10 Å². The maximum absolute atomic E-state index is 12.1. The average Bonchev–Trinajstić information content (AvgIpc) is 3.19. The zero-order chi connectivity index (χ0) is 15.4. The third kappa shape index (κ3) is 3.52. The first-order valence-electron chi connectivity index (χ1n) is 7.35. The SMILES string of the molecule is CC(/C=C/c1ccco1)=N/NC(=O)[C@@H]1C[C@@H]1c1ccccc1. The lowest BCUT2D eigenvalue weighted by Gasteiger charge is -2.00. The van der Waals surface area contributed by atoms with Gasteiger partial charge in [0.25, 0.3) is 0 Å². The highest BCUT2D eigenvalue weighted by atomic mass is 16.3. The molecule has 1 amide bonds. The largest absolute Gasteiger partial charge is 0.465 e. The first-order valence-corrected chi connectivity index (χ1v) is 7.35. The molecule has 1 saturated carbocycles. The standard InChI is InChI=1S/C18H18N2O2/c1-13(9-10-15-8-5-11-22-15)19-20-18(21)17-12-16(17)14-6-3-2-4-7-14/h2-11,16-17H,12H2,1H3,(H,20,21)/b10-9+,19-13-/t16-,17-/m1/s1. The average molecular weight is 294 g/mol. The maximum atomic E-state index is 12.1. The van der Waals surface area contributed by atoms with Gasteiger partial charge in [-0.25, -0.2) is 5.43 Å². The molecule has 1 fully saturated rings. The first kappa shape index (κ1) is 14.3. The van der Waals surface area contributed by atoms with Crippen molar-refractivity contribution in [2.75, 3.05) is 0 Å². The molecule has 4 nitrogen and oxygen atoms in total. The van der Waals surface area contributed by atoms with Crippen LogP contribution < -0.4 is 5.43 Å². The summed E-state index contributed by atoms with van der Waals surface area (Å²) in [6.07, 6.45) is 6.13. The molecule has 0 radical (unpaired) electrons. The molecule has 4 heteroatoms. The summed E-state index contributed by atoms with van der Waals surface area (Å²) >= 11 is 0. The van der Waals surface area contributed by atoms with Crippen LogP contribution >= 0.6 is 0 Å². The molecule has 1 N–H and O–H groups in total. The molecule has 1 aliphatic rings. The number of allylic oxidation sites excluding steroid dienone is 1. The fraction of sp³-hybridized carbons (Fsp3) is 0.222. The van der Waals surface area contributed by atoms with Gasteiger partial charge >= 0.3 is 0 Å². The number of amides is 1. The van der Waals surface area contributed by atoms with E-state index in [2.05, 4.69) is 22.7 Å². The van der Waals surface area contributed by atoms with Crippen LogP contribution in [-0.4, -0.2) is 11.6 Å². The van der Waals surface area contributed by atoms with Crippen LogP contribution in [0.25, 0.3) is 6.08 Å². The summed E-state index contributed by atoms with van der Waals surface area (Å²) < 4.78 is 5.19. The molecular weight excluding hydrogens is 276 g/mol. The van der Waals surface area contributed by atoms with Gasteiger partial charge in [-0.05, 0) is 49.1 Å². The molecule has 2 atom stereocenters. The lowest BCUT2D eigenvalue weighted by Crippen LogP contribution is -2.21. The van der Waals surface area contributed by atoms with Gasteiger partial charge in [0.1, 0.15) is 5.76 Å². The van der Waals surface area contributed by atoms with Crippen LogP contribution in [0.2, 0.25) is 0 Å². The molecule has 3 rings (SSSR count). The van der Waals surface area contributed by atoms with Crippen molar-refractivity contribution < 1.29 is 9.21 Å². The summed E-state index contributed by atoms with van der Waals surface area (Å²) in [5.41, 5.74) is 4.59. The summed E-state index contributed by atoms with van der Waals surface area (Å²) in [5, 5.41) is 4.10. The summed E-state index contributed by atoms with van der Waals surface area (Å²) in [6, 6.07) is 13.8. The zero-order valence-electron chi connectivity index (χ0n) is 12.4. The fourth-order valence-electron chi connectivity index (χ4n) is 2.41. The van der Waals surface area contributed by atoms with Crippen molar-refractivity contribution in [3.63, 3.8) is 0 Å². The first-order chi connectivity index (χ1) is 10.7. The number of carbonyl (C=O) groups is 1. The monoisotopic (exact) mass is 294 g/mol. The van der Waals surface area contributed by atoms with E-state index in [1.54, 1.807) is 12.3 Å². The van der Waals surface area contributed by atoms with Crippen LogP contribution in [0, 0.1) is 5.92 Å². The van der Waals surface area contributed by atoms with Gasteiger partial charge in [-0.15, -0.1) is 0 Å². The minimum absolute atomic E-state index is 0.0143. The molecule has 112 valence electrons. The van der Waals surface area contributed by atoms with E-state index in [0.717, 1.165) is 17.9 Å². The molecule has 0 bridgehead atoms. The predicted octanol–water partition coefficient (Wildman–Crippen LogP) is 3.59. The molecule has 1 aliphatic carbocycles. The molecule has 22 heavy (non-hydrogen) atoms. The second-order valence-electron chi connectivity index (χ2n) is 5.44. The van der Waals surface area contributed by atoms with Crippen molar-refractivity contribution in [1.29, 1.82) is 0 Å². The van der Waals surface area contributed by atoms with Crippen molar-refractivity contribution in [3.05, 3.63) is 66.1 Å². The van der Waals surface area contributed by atoms with Gasteiger partial charge in [0.15, 0.2) is 0 Å². The molecule has 0 spiro atoms. The Hall–Kier alpha value is -2.62. The number of rotatable bonds is 5. The highest BCUT2D eigenvalue weighted by Gasteiger charge is 2.43. The lowest BCUT2D eigenvalue weighted by molar-refractivity contribution is -0.122. The van der Waals surface area contributed by atoms with Gasteiger partial charge in [0, 0.05) is 5.92 Å². The maximum Gasteiger partial charge on any atom is 0.243 e. The molecule has 0 unspecified atom stereocenters. The van der Waals surface area contributed by atoms with E-state index < -0.39 is 0 Å². The van der Waals surface area contributed by atoms with E-state index in [-0.39, 0.29) is 11.8 Å². The van der Waals surface area contributed by atoms with Crippen molar-refractivity contribution in [1.82, 2.24) is 5.43 Å². The number of benzene rings is 1. The van der Waals surface area contributed by atoms with E-state index in [0.29, 0.717) is 5.92 Å². The van der Waals surface area contributed by atoms with Gasteiger partial charge < -0.3 is 4.42 Å². The van der Waals surface area contributed by atoms with Gasteiger partial charge in [0.05, 0.1) is 12.0 Å². The summed E-state index contributed by atoms with van der Waals surface area (Å²) in [7, 11) is 0. The molecular formula is C18H18N2O2. The van der Waals surface area contributed by atoms with Gasteiger partial charge in [-0.3, -0.25) is 4.79 Å². The Labute approximate surface area is 129 Å². The van der Waals surface area contributed by atoms with Crippen molar-refractivity contribution in [2.45, 2.75) is 19.3 Å². The molecule has 1 heterocycles. The number of hydrogen-bond donors (Lipinski definition) is 1. The number of nitrogens with one attached hydrogen (secondary N) is 1. The number of carbonyl (C=O) groups excluding carboxylic acids is 1. The molecule has 2 aromatic rings. The van der Waals surface area contributed by atoms with Crippen LogP contribution in [0.4, 0.5) is 0 Å². The second kappa shape index (κ2) is 6.43. The minimum atomic E-state index is -0.0143. The summed E-state index contributed by atoms with van der Waals surface area (Å²) in [5.74, 6) is 1.11. The second-order valence-corrected chi connectivity index (χ2v) is 5.44. The van der Waals surface area contributed by atoms with Crippen molar-refractivity contribution in [2.24, 2.45) is 11.0 Å². The van der Waals surface area contributed by atoms with Crippen LogP contribution in [-0.2, 0) is 4.79 Å². The highest BCUT2D eigenvalue weighted by Crippen LogP contribution is 2.47. The van der Waals surface area contributed by atoms with Gasteiger partial charge in [0.2, 0.25) is 5.91 Å². The van der Waals surface area contributed by atoms with E-state index in [1.807, 2.05) is 43.3 Å². The number of hydrogen-bond acceptors (Lipinski definition) is 3. The summed E-state index contributed by atoms with van der Waals surface area (Å²) in [6.45, 7) is 1.83. The van der Waals surface area contributed by atoms with Crippen molar-refractivity contribution in [3.8, 4) is 0 Å². The Balaban J connectivity index is 1.51. The van der Waals surface area contributed by atoms with E-state index in [9.17, 15) is 4.79 Å². The Morgan fingerprint density at radius 2 is 2.09 bits per heavy atom. The minimum Gasteiger partial charge on any atom is -0.465 e. The Kier molecular flexibility index (Phi) is 4.19. The van der Waals surface area contributed by atoms with E-state index in [1.165, 1.54) is 5.56 Å². The topological polar surface area (TPSA) is 54.6 Å². The lowest BCUT2D eigenvalue weighted by atomic mass is 10.1. The zero-order valence-corrected chi connectivity index (χ0v) is 12.4. The number of nitrogens with zero attached hydrogens (tertiary/aromatic N) is 1. The smallest absolute Gasteiger partial charge is 0.243 e. The van der Waals surface area contributed by atoms with Crippen molar-refractivity contribution >= 4 is 17.7 Å². The van der Waals surface area contributed by atoms with E-state index in [4.69, 9.17) is 4.42 Å². The molecule has 0 saturated heterocycles. The Morgan fingerprint density at radius 3 is 2.82 bits per heavy atom. The van der Waals surface area contributed by atoms with Crippen LogP contribution in [0.15, 0.2) is 64.3 Å². The van der Waals surface area contributed by atoms with Gasteiger partial charge in [-0.1, -0.05) is 30.3 Å². The fourth-order valence-corrected chi connectivity index (χ4v) is 2.41. The van der Waals surface area contributed by atoms with Crippen LogP contribution in [0.5, 0.6) is 0 Å². The molecule has 1 aromatic heterocycles. The van der Waals surface area contributed by atoms with Crippen LogP contribution in [0.3, 0.4) is 0 Å². The third-order valence-corrected chi connectivity index (χ3v) is 3.73. The molecule has 0 aliphatic heterocycles.